The number of halogens is 1. The smallest absolute Gasteiger partial charge is 0.258 e. The van der Waals surface area contributed by atoms with Gasteiger partial charge in [-0.1, -0.05) is 17.7 Å². The number of anilines is 5. The Bertz CT molecular complexity index is 1390. The molecule has 5 rings (SSSR count). The van der Waals surface area contributed by atoms with Gasteiger partial charge in [-0.3, -0.25) is 14.8 Å². The van der Waals surface area contributed by atoms with Gasteiger partial charge in [0.05, 0.1) is 10.7 Å². The first-order valence-corrected chi connectivity index (χ1v) is 11.5. The van der Waals surface area contributed by atoms with E-state index in [1.807, 2.05) is 73.3 Å². The van der Waals surface area contributed by atoms with Gasteiger partial charge in [0, 0.05) is 58.6 Å². The number of amides is 1. The van der Waals surface area contributed by atoms with Crippen LogP contribution in [0.25, 0.3) is 0 Å². The van der Waals surface area contributed by atoms with Crippen LogP contribution in [-0.4, -0.2) is 22.4 Å². The number of carbonyl (C=O) groups excluding carboxylic acids is 1. The minimum atomic E-state index is -0.0233. The molecular weight excluding hydrogens is 446 g/mol. The summed E-state index contributed by atoms with van der Waals surface area (Å²) in [5.41, 5.74) is 8.09. The van der Waals surface area contributed by atoms with Gasteiger partial charge in [0.1, 0.15) is 0 Å². The Balaban J connectivity index is 1.34. The highest BCUT2D eigenvalue weighted by atomic mass is 35.5. The second-order valence-electron chi connectivity index (χ2n) is 8.37. The Morgan fingerprint density at radius 2 is 1.71 bits per heavy atom. The van der Waals surface area contributed by atoms with Crippen LogP contribution in [0.5, 0.6) is 0 Å². The molecule has 34 heavy (non-hydrogen) atoms. The summed E-state index contributed by atoms with van der Waals surface area (Å²) < 4.78 is 0. The van der Waals surface area contributed by atoms with Crippen LogP contribution in [0.15, 0.2) is 73.1 Å². The summed E-state index contributed by atoms with van der Waals surface area (Å²) in [4.78, 5) is 23.7. The van der Waals surface area contributed by atoms with E-state index >= 15 is 0 Å². The van der Waals surface area contributed by atoms with Crippen molar-refractivity contribution < 1.29 is 4.79 Å². The SMILES string of the molecule is Cc1cc(Nc2ccc3c(c2)CCN3C(=O)c2cccc(Nc3cc(C)ncc3Cl)c2)ccn1. The fraction of sp³-hybridized carbons (Fsp3) is 0.148. The van der Waals surface area contributed by atoms with Gasteiger partial charge >= 0.3 is 0 Å². The molecule has 0 aliphatic carbocycles. The molecule has 0 saturated heterocycles. The predicted molar refractivity (Wildman–Crippen MR) is 138 cm³/mol. The van der Waals surface area contributed by atoms with Crippen molar-refractivity contribution in [2.75, 3.05) is 22.1 Å². The number of hydrogen-bond donors (Lipinski definition) is 2. The highest BCUT2D eigenvalue weighted by molar-refractivity contribution is 6.33. The molecule has 1 aliphatic heterocycles. The van der Waals surface area contributed by atoms with Crippen LogP contribution in [0.2, 0.25) is 5.02 Å². The number of aromatic nitrogens is 2. The van der Waals surface area contributed by atoms with Gasteiger partial charge in [0.15, 0.2) is 0 Å². The largest absolute Gasteiger partial charge is 0.355 e. The lowest BCUT2D eigenvalue weighted by atomic mass is 10.1. The third-order valence-electron chi connectivity index (χ3n) is 5.79. The molecule has 0 bridgehead atoms. The van der Waals surface area contributed by atoms with Crippen LogP contribution in [0.1, 0.15) is 27.3 Å². The highest BCUT2D eigenvalue weighted by Gasteiger charge is 2.26. The summed E-state index contributed by atoms with van der Waals surface area (Å²) in [6, 6.07) is 19.4. The van der Waals surface area contributed by atoms with E-state index in [1.54, 1.807) is 12.4 Å². The molecule has 0 saturated carbocycles. The standard InChI is InChI=1S/C27H24ClN5O/c1-17-12-23(8-10-29-17)31-22-6-7-26-19(14-22)9-11-33(26)27(34)20-4-3-5-21(15-20)32-25-13-18(2)30-16-24(25)28/h3-8,10,12-16H,9,11H2,1-2H3,(H,29,31)(H,30,32). The van der Waals surface area contributed by atoms with Crippen molar-refractivity contribution in [3.8, 4) is 0 Å². The van der Waals surface area contributed by atoms with Gasteiger partial charge in [0.25, 0.3) is 5.91 Å². The molecule has 3 heterocycles. The number of pyridine rings is 2. The molecule has 0 atom stereocenters. The van der Waals surface area contributed by atoms with E-state index in [0.717, 1.165) is 51.8 Å². The van der Waals surface area contributed by atoms with Crippen molar-refractivity contribution in [3.63, 3.8) is 0 Å². The molecule has 0 radical (unpaired) electrons. The van der Waals surface area contributed by atoms with Gasteiger partial charge in [-0.15, -0.1) is 0 Å². The fourth-order valence-electron chi connectivity index (χ4n) is 4.16. The van der Waals surface area contributed by atoms with Gasteiger partial charge in [0.2, 0.25) is 0 Å². The monoisotopic (exact) mass is 469 g/mol. The van der Waals surface area contributed by atoms with E-state index in [2.05, 4.69) is 26.7 Å². The van der Waals surface area contributed by atoms with Crippen LogP contribution >= 0.6 is 11.6 Å². The summed E-state index contributed by atoms with van der Waals surface area (Å²) in [6.07, 6.45) is 4.22. The summed E-state index contributed by atoms with van der Waals surface area (Å²) in [5.74, 6) is -0.0233. The summed E-state index contributed by atoms with van der Waals surface area (Å²) >= 11 is 6.27. The quantitative estimate of drug-likeness (QED) is 0.352. The number of hydrogen-bond acceptors (Lipinski definition) is 5. The number of aryl methyl sites for hydroxylation is 2. The zero-order valence-corrected chi connectivity index (χ0v) is 19.7. The van der Waals surface area contributed by atoms with Gasteiger partial charge in [-0.25, -0.2) is 0 Å². The summed E-state index contributed by atoms with van der Waals surface area (Å²) in [7, 11) is 0. The minimum absolute atomic E-state index is 0.0233. The van der Waals surface area contributed by atoms with Crippen LogP contribution in [-0.2, 0) is 6.42 Å². The molecule has 2 N–H and O–H groups in total. The van der Waals surface area contributed by atoms with E-state index in [0.29, 0.717) is 17.1 Å². The second-order valence-corrected chi connectivity index (χ2v) is 8.78. The topological polar surface area (TPSA) is 70.2 Å². The maximum atomic E-state index is 13.4. The van der Waals surface area contributed by atoms with Crippen LogP contribution in [0, 0.1) is 13.8 Å². The molecule has 7 heteroatoms. The first-order valence-electron chi connectivity index (χ1n) is 11.1. The number of fused-ring (bicyclic) bond motifs is 1. The average molecular weight is 470 g/mol. The van der Waals surface area contributed by atoms with Gasteiger partial charge < -0.3 is 15.5 Å². The van der Waals surface area contributed by atoms with Crippen molar-refractivity contribution in [3.05, 3.63) is 101 Å². The third kappa shape index (κ3) is 4.58. The molecule has 4 aromatic rings. The molecule has 0 fully saturated rings. The molecule has 2 aromatic carbocycles. The fourth-order valence-corrected chi connectivity index (χ4v) is 4.31. The minimum Gasteiger partial charge on any atom is -0.355 e. The molecule has 0 spiro atoms. The van der Waals surface area contributed by atoms with Gasteiger partial charge in [-0.05, 0) is 80.4 Å². The van der Waals surface area contributed by atoms with E-state index in [1.165, 1.54) is 0 Å². The number of nitrogens with zero attached hydrogens (tertiary/aromatic N) is 3. The predicted octanol–water partition coefficient (Wildman–Crippen LogP) is 6.44. The van der Waals surface area contributed by atoms with Crippen LogP contribution in [0.3, 0.4) is 0 Å². The Hall–Kier alpha value is -3.90. The van der Waals surface area contributed by atoms with E-state index < -0.39 is 0 Å². The number of rotatable bonds is 5. The van der Waals surface area contributed by atoms with Crippen molar-refractivity contribution in [1.82, 2.24) is 9.97 Å². The number of carbonyl (C=O) groups is 1. The van der Waals surface area contributed by atoms with E-state index in [4.69, 9.17) is 11.6 Å². The first kappa shape index (κ1) is 21.9. The zero-order chi connectivity index (χ0) is 23.7. The molecule has 1 amide bonds. The van der Waals surface area contributed by atoms with Gasteiger partial charge in [-0.2, -0.15) is 0 Å². The van der Waals surface area contributed by atoms with Crippen molar-refractivity contribution in [1.29, 1.82) is 0 Å². The van der Waals surface area contributed by atoms with Crippen LogP contribution in [0.4, 0.5) is 28.4 Å². The third-order valence-corrected chi connectivity index (χ3v) is 6.09. The first-order chi connectivity index (χ1) is 16.5. The van der Waals surface area contributed by atoms with Crippen molar-refractivity contribution in [2.45, 2.75) is 20.3 Å². The Morgan fingerprint density at radius 3 is 2.56 bits per heavy atom. The maximum absolute atomic E-state index is 13.4. The normalized spacial score (nSPS) is 12.4. The molecular formula is C27H24ClN5O. The second kappa shape index (κ2) is 9.15. The lowest BCUT2D eigenvalue weighted by Crippen LogP contribution is -2.28. The molecule has 6 nitrogen and oxygen atoms in total. The van der Waals surface area contributed by atoms with Crippen molar-refractivity contribution >= 4 is 45.9 Å². The van der Waals surface area contributed by atoms with Crippen molar-refractivity contribution in [2.24, 2.45) is 0 Å². The summed E-state index contributed by atoms with van der Waals surface area (Å²) in [6.45, 7) is 4.53. The molecule has 1 aliphatic rings. The maximum Gasteiger partial charge on any atom is 0.258 e. The molecule has 2 aromatic heterocycles. The average Bonchev–Trinajstić information content (AvgIpc) is 3.24. The molecule has 170 valence electrons. The molecule has 0 unspecified atom stereocenters. The Labute approximate surface area is 203 Å². The Morgan fingerprint density at radius 1 is 0.912 bits per heavy atom. The Kier molecular flexibility index (Phi) is 5.90. The van der Waals surface area contributed by atoms with E-state index in [9.17, 15) is 4.79 Å². The van der Waals surface area contributed by atoms with E-state index in [-0.39, 0.29) is 5.91 Å². The number of nitrogens with one attached hydrogen (secondary N) is 2. The lowest BCUT2D eigenvalue weighted by Gasteiger charge is -2.19. The summed E-state index contributed by atoms with van der Waals surface area (Å²) in [5, 5.41) is 7.25. The van der Waals surface area contributed by atoms with Crippen LogP contribution < -0.4 is 15.5 Å². The lowest BCUT2D eigenvalue weighted by molar-refractivity contribution is 0.0989. The highest BCUT2D eigenvalue weighted by Crippen LogP contribution is 2.33. The number of benzene rings is 2. The zero-order valence-electron chi connectivity index (χ0n) is 19.0.